The Morgan fingerprint density at radius 2 is 1.95 bits per heavy atom. The molecule has 4 N–H and O–H groups in total. The van der Waals surface area contributed by atoms with Crippen LogP contribution in [0, 0.1) is 0 Å². The number of hydrogen-bond donors (Lipinski definition) is 4. The molecule has 210 valence electrons. The molecule has 4 rings (SSSR count). The standard InChI is InChI=1S/C27H35ClN6O2.C3H6/c1-3-24(28)26-31-19(2)30-22-6-4-5-20(17-22)7-8-21-18-23(32-26)9-10-25(21)33-27(35)29-11-12-34-13-15-36-16-14-34;1-3-2/h3-6,9-10,17-19,30H,7-8,11-16H2,1-2H3,(H,31,32)(H2,29,33,35);3H,1H2,2H3/b24-3+;. The van der Waals surface area contributed by atoms with E-state index >= 15 is 0 Å². The summed E-state index contributed by atoms with van der Waals surface area (Å²) in [5.41, 5.74) is 4.90. The molecular weight excluding hydrogens is 512 g/mol. The largest absolute Gasteiger partial charge is 0.379 e. The van der Waals surface area contributed by atoms with Gasteiger partial charge in [0.1, 0.15) is 12.0 Å². The van der Waals surface area contributed by atoms with Gasteiger partial charge in [0.05, 0.1) is 18.2 Å². The number of amides is 2. The number of aryl methyl sites for hydroxylation is 2. The van der Waals surface area contributed by atoms with Crippen LogP contribution in [0.1, 0.15) is 31.9 Å². The van der Waals surface area contributed by atoms with Crippen LogP contribution in [0.3, 0.4) is 0 Å². The van der Waals surface area contributed by atoms with Gasteiger partial charge >= 0.3 is 6.03 Å². The second-order valence-corrected chi connectivity index (χ2v) is 9.78. The second-order valence-electron chi connectivity index (χ2n) is 9.38. The van der Waals surface area contributed by atoms with Gasteiger partial charge in [0.25, 0.3) is 0 Å². The number of hydrogen-bond acceptors (Lipinski definition) is 6. The highest BCUT2D eigenvalue weighted by atomic mass is 35.5. The number of morpholine rings is 1. The summed E-state index contributed by atoms with van der Waals surface area (Å²) in [6, 6.07) is 14.0. The molecule has 1 atom stereocenters. The van der Waals surface area contributed by atoms with Crippen LogP contribution in [0.2, 0.25) is 0 Å². The maximum absolute atomic E-state index is 12.7. The van der Waals surface area contributed by atoms with Gasteiger partial charge in [-0.15, -0.1) is 6.58 Å². The molecular formula is C30H41ClN6O2. The number of anilines is 3. The van der Waals surface area contributed by atoms with Gasteiger partial charge in [0, 0.05) is 43.2 Å². The summed E-state index contributed by atoms with van der Waals surface area (Å²) in [6.45, 7) is 13.8. The van der Waals surface area contributed by atoms with E-state index in [2.05, 4.69) is 50.9 Å². The Balaban J connectivity index is 0.00000134. The molecule has 2 heterocycles. The minimum Gasteiger partial charge on any atom is -0.379 e. The summed E-state index contributed by atoms with van der Waals surface area (Å²) in [6.07, 6.45) is 4.99. The van der Waals surface area contributed by atoms with E-state index < -0.39 is 0 Å². The fourth-order valence-corrected chi connectivity index (χ4v) is 4.40. The number of carbonyl (C=O) groups is 1. The summed E-state index contributed by atoms with van der Waals surface area (Å²) in [5.74, 6) is 0.585. The van der Waals surface area contributed by atoms with Crippen LogP contribution < -0.4 is 21.3 Å². The minimum absolute atomic E-state index is 0.182. The predicted octanol–water partition coefficient (Wildman–Crippen LogP) is 5.84. The van der Waals surface area contributed by atoms with E-state index in [-0.39, 0.29) is 12.2 Å². The molecule has 2 aromatic rings. The number of nitrogens with one attached hydrogen (secondary N) is 4. The molecule has 4 bridgehead atoms. The topological polar surface area (TPSA) is 90.0 Å². The van der Waals surface area contributed by atoms with Crippen molar-refractivity contribution in [3.05, 3.63) is 77.4 Å². The van der Waals surface area contributed by atoms with E-state index in [9.17, 15) is 4.79 Å². The van der Waals surface area contributed by atoms with Crippen molar-refractivity contribution in [1.82, 2.24) is 10.2 Å². The van der Waals surface area contributed by atoms with E-state index in [1.165, 1.54) is 5.56 Å². The van der Waals surface area contributed by atoms with Crippen molar-refractivity contribution in [2.75, 3.05) is 55.3 Å². The normalized spacial score (nSPS) is 19.1. The first kappa shape index (κ1) is 30.2. The van der Waals surface area contributed by atoms with Crippen molar-refractivity contribution >= 4 is 40.5 Å². The average Bonchev–Trinajstić information content (AvgIpc) is 2.93. The third-order valence-electron chi connectivity index (χ3n) is 6.22. The predicted molar refractivity (Wildman–Crippen MR) is 164 cm³/mol. The van der Waals surface area contributed by atoms with Gasteiger partial charge in [-0.25, -0.2) is 9.79 Å². The Bertz CT molecular complexity index is 1160. The van der Waals surface area contributed by atoms with Gasteiger partial charge in [-0.1, -0.05) is 35.9 Å². The van der Waals surface area contributed by atoms with Crippen molar-refractivity contribution < 1.29 is 9.53 Å². The average molecular weight is 553 g/mol. The van der Waals surface area contributed by atoms with Crippen LogP contribution in [0.4, 0.5) is 21.9 Å². The van der Waals surface area contributed by atoms with Gasteiger partial charge in [0.15, 0.2) is 0 Å². The molecule has 39 heavy (non-hydrogen) atoms. The zero-order valence-corrected chi connectivity index (χ0v) is 24.0. The number of ether oxygens (including phenoxy) is 1. The molecule has 8 nitrogen and oxygen atoms in total. The quantitative estimate of drug-likeness (QED) is 0.350. The van der Waals surface area contributed by atoms with Gasteiger partial charge in [0.2, 0.25) is 0 Å². The number of nitrogens with zero attached hydrogens (tertiary/aromatic N) is 2. The monoisotopic (exact) mass is 552 g/mol. The lowest BCUT2D eigenvalue weighted by atomic mass is 10.0. The highest BCUT2D eigenvalue weighted by Crippen LogP contribution is 2.25. The van der Waals surface area contributed by atoms with E-state index in [4.69, 9.17) is 21.3 Å². The lowest BCUT2D eigenvalue weighted by molar-refractivity contribution is 0.0388. The number of halogens is 1. The Hall–Kier alpha value is -3.33. The molecule has 9 heteroatoms. The molecule has 2 aliphatic heterocycles. The first-order valence-corrected chi connectivity index (χ1v) is 13.9. The molecule has 2 aromatic carbocycles. The lowest BCUT2D eigenvalue weighted by Gasteiger charge is -2.26. The molecule has 1 saturated heterocycles. The van der Waals surface area contributed by atoms with Gasteiger partial charge < -0.3 is 26.0 Å². The third-order valence-corrected chi connectivity index (χ3v) is 6.62. The summed E-state index contributed by atoms with van der Waals surface area (Å²) in [5, 5.41) is 13.3. The number of allylic oxidation sites excluding steroid dienone is 2. The molecule has 0 spiro atoms. The van der Waals surface area contributed by atoms with E-state index in [1.807, 2.05) is 51.1 Å². The highest BCUT2D eigenvalue weighted by Gasteiger charge is 2.14. The maximum Gasteiger partial charge on any atom is 0.319 e. The van der Waals surface area contributed by atoms with Gasteiger partial charge in [-0.3, -0.25) is 4.90 Å². The van der Waals surface area contributed by atoms with Crippen LogP contribution in [-0.4, -0.2) is 62.3 Å². The molecule has 2 aliphatic rings. The highest BCUT2D eigenvalue weighted by molar-refractivity contribution is 6.44. The number of fused-ring (bicyclic) bond motifs is 4. The second kappa shape index (κ2) is 15.9. The molecule has 0 radical (unpaired) electrons. The fourth-order valence-electron chi connectivity index (χ4n) is 4.31. The van der Waals surface area contributed by atoms with Crippen molar-refractivity contribution in [2.45, 2.75) is 39.8 Å². The number of rotatable bonds is 5. The van der Waals surface area contributed by atoms with Gasteiger partial charge in [-0.05, 0) is 75.1 Å². The molecule has 1 unspecified atom stereocenters. The molecule has 0 aromatic heterocycles. The van der Waals surface area contributed by atoms with Crippen molar-refractivity contribution in [1.29, 1.82) is 0 Å². The Morgan fingerprint density at radius 1 is 1.18 bits per heavy atom. The summed E-state index contributed by atoms with van der Waals surface area (Å²) >= 11 is 6.48. The van der Waals surface area contributed by atoms with Crippen LogP contribution in [0.25, 0.3) is 0 Å². The summed E-state index contributed by atoms with van der Waals surface area (Å²) < 4.78 is 5.38. The number of benzene rings is 2. The van der Waals surface area contributed by atoms with Crippen LogP contribution in [-0.2, 0) is 17.6 Å². The number of amidine groups is 1. The number of carbonyl (C=O) groups excluding carboxylic acids is 1. The lowest BCUT2D eigenvalue weighted by Crippen LogP contribution is -2.42. The number of aliphatic imine (C=N–C) groups is 1. The Labute approximate surface area is 237 Å². The van der Waals surface area contributed by atoms with Crippen molar-refractivity contribution in [2.24, 2.45) is 4.99 Å². The van der Waals surface area contributed by atoms with Crippen LogP contribution in [0.5, 0.6) is 0 Å². The summed E-state index contributed by atoms with van der Waals surface area (Å²) in [4.78, 5) is 19.7. The van der Waals surface area contributed by atoms with Crippen molar-refractivity contribution in [3.63, 3.8) is 0 Å². The van der Waals surface area contributed by atoms with E-state index in [0.29, 0.717) is 17.4 Å². The molecule has 0 saturated carbocycles. The molecule has 0 aliphatic carbocycles. The van der Waals surface area contributed by atoms with E-state index in [1.54, 1.807) is 6.08 Å². The van der Waals surface area contributed by atoms with Crippen LogP contribution in [0.15, 0.2) is 71.2 Å². The molecule has 2 amide bonds. The van der Waals surface area contributed by atoms with Gasteiger partial charge in [-0.2, -0.15) is 0 Å². The Kier molecular flexibility index (Phi) is 12.3. The zero-order valence-electron chi connectivity index (χ0n) is 23.2. The maximum atomic E-state index is 12.7. The summed E-state index contributed by atoms with van der Waals surface area (Å²) in [7, 11) is 0. The minimum atomic E-state index is -0.206. The van der Waals surface area contributed by atoms with E-state index in [0.717, 1.165) is 68.3 Å². The van der Waals surface area contributed by atoms with Crippen molar-refractivity contribution in [3.8, 4) is 0 Å². The SMILES string of the molecule is C/C=C(Cl)\C1=N/C(C)Nc2cccc(c2)CCc2cc(ccc2NC(=O)NCCN2CCOCC2)N1.C=CC. The third kappa shape index (κ3) is 10.1. The fraction of sp³-hybridized carbons (Fsp3) is 0.400. The molecule has 1 fully saturated rings. The zero-order chi connectivity index (χ0) is 28.0. The Morgan fingerprint density at radius 3 is 2.69 bits per heavy atom. The first-order valence-electron chi connectivity index (χ1n) is 13.5. The smallest absolute Gasteiger partial charge is 0.319 e. The number of urea groups is 1. The van der Waals surface area contributed by atoms with Crippen LogP contribution >= 0.6 is 11.6 Å². The first-order chi connectivity index (χ1) is 18.9.